The Balaban J connectivity index is 1.41. The predicted molar refractivity (Wildman–Crippen MR) is 156 cm³/mol. The molecule has 4 rings (SSSR count). The molecule has 11 nitrogen and oxygen atoms in total. The van der Waals surface area contributed by atoms with Crippen molar-refractivity contribution < 1.29 is 32.2 Å². The topological polar surface area (TPSA) is 125 Å². The quantitative estimate of drug-likeness (QED) is 0.266. The number of amides is 2. The van der Waals surface area contributed by atoms with E-state index in [-0.39, 0.29) is 17.9 Å². The fraction of sp³-hybridized carbons (Fsp3) is 0.379. The summed E-state index contributed by atoms with van der Waals surface area (Å²) in [6.45, 7) is 5.24. The van der Waals surface area contributed by atoms with Gasteiger partial charge in [0.1, 0.15) is 17.3 Å². The number of piperazine rings is 1. The number of halogens is 3. The van der Waals surface area contributed by atoms with Crippen molar-refractivity contribution in [1.29, 1.82) is 0 Å². The Morgan fingerprint density at radius 1 is 1.02 bits per heavy atom. The highest BCUT2D eigenvalue weighted by Crippen LogP contribution is 2.26. The zero-order valence-corrected chi connectivity index (χ0v) is 24.0. The number of rotatable bonds is 12. The minimum Gasteiger partial charge on any atom is -0.497 e. The third-order valence-corrected chi connectivity index (χ3v) is 6.94. The third-order valence-electron chi connectivity index (χ3n) is 6.94. The lowest BCUT2D eigenvalue weighted by atomic mass is 10.1. The molecule has 3 heterocycles. The Bertz CT molecular complexity index is 1410. The van der Waals surface area contributed by atoms with Crippen molar-refractivity contribution in [3.63, 3.8) is 0 Å². The lowest BCUT2D eigenvalue weighted by Crippen LogP contribution is -2.47. The normalized spacial score (nSPS) is 13.8. The van der Waals surface area contributed by atoms with Crippen molar-refractivity contribution in [2.45, 2.75) is 25.4 Å². The Hall–Kier alpha value is -4.59. The van der Waals surface area contributed by atoms with Crippen LogP contribution in [-0.2, 0) is 17.6 Å². The van der Waals surface area contributed by atoms with E-state index in [0.29, 0.717) is 62.0 Å². The predicted octanol–water partition coefficient (Wildman–Crippen LogP) is 4.06. The van der Waals surface area contributed by atoms with Gasteiger partial charge in [-0.25, -0.2) is 4.98 Å². The van der Waals surface area contributed by atoms with E-state index in [1.807, 2.05) is 17.0 Å². The first-order chi connectivity index (χ1) is 20.6. The Morgan fingerprint density at radius 2 is 1.72 bits per heavy atom. The number of hydrogen-bond donors (Lipinski definition) is 3. The molecule has 0 saturated carbocycles. The average molecular weight is 602 g/mol. The summed E-state index contributed by atoms with van der Waals surface area (Å²) in [5.74, 6) is 0.624. The Kier molecular flexibility index (Phi) is 10.2. The monoisotopic (exact) mass is 601 g/mol. The summed E-state index contributed by atoms with van der Waals surface area (Å²) < 4.78 is 48.4. The first-order valence-corrected chi connectivity index (χ1v) is 13.6. The van der Waals surface area contributed by atoms with Crippen molar-refractivity contribution in [3.05, 3.63) is 66.1 Å². The van der Waals surface area contributed by atoms with Crippen LogP contribution in [0.5, 0.6) is 11.5 Å². The molecule has 0 aliphatic carbocycles. The summed E-state index contributed by atoms with van der Waals surface area (Å²) in [5, 5.41) is 12.4. The zero-order valence-electron chi connectivity index (χ0n) is 24.0. The van der Waals surface area contributed by atoms with Crippen molar-refractivity contribution in [3.8, 4) is 11.5 Å². The highest BCUT2D eigenvalue weighted by Gasteiger charge is 2.29. The smallest absolute Gasteiger partial charge is 0.390 e. The van der Waals surface area contributed by atoms with Crippen LogP contribution in [0.2, 0.25) is 0 Å². The number of H-pyrrole nitrogens is 1. The second kappa shape index (κ2) is 14.1. The molecule has 0 bridgehead atoms. The number of carbonyl (C=O) groups is 2. The molecule has 1 saturated heterocycles. The molecule has 43 heavy (non-hydrogen) atoms. The van der Waals surface area contributed by atoms with Gasteiger partial charge in [0.15, 0.2) is 5.69 Å². The van der Waals surface area contributed by atoms with Crippen molar-refractivity contribution in [2.24, 2.45) is 0 Å². The molecule has 1 aliphatic heterocycles. The van der Waals surface area contributed by atoms with Crippen LogP contribution in [0, 0.1) is 0 Å². The van der Waals surface area contributed by atoms with E-state index in [9.17, 15) is 22.8 Å². The van der Waals surface area contributed by atoms with Crippen LogP contribution in [0.25, 0.3) is 0 Å². The maximum absolute atomic E-state index is 13.2. The van der Waals surface area contributed by atoms with E-state index >= 15 is 0 Å². The van der Waals surface area contributed by atoms with Crippen LogP contribution in [0.15, 0.2) is 49.2 Å². The van der Waals surface area contributed by atoms with Gasteiger partial charge in [-0.1, -0.05) is 6.58 Å². The van der Waals surface area contributed by atoms with Gasteiger partial charge in [-0.2, -0.15) is 18.3 Å². The number of nitrogens with zero attached hydrogens (tertiary/aromatic N) is 4. The number of methoxy groups -OCH3 is 2. The fourth-order valence-corrected chi connectivity index (χ4v) is 4.62. The molecule has 2 aromatic heterocycles. The number of aromatic amines is 1. The highest BCUT2D eigenvalue weighted by atomic mass is 19.4. The molecule has 0 unspecified atom stereocenters. The number of aryl methyl sites for hydroxylation is 2. The zero-order chi connectivity index (χ0) is 31.0. The van der Waals surface area contributed by atoms with Crippen LogP contribution in [-0.4, -0.2) is 85.0 Å². The molecule has 1 fully saturated rings. The van der Waals surface area contributed by atoms with E-state index in [4.69, 9.17) is 9.47 Å². The molecule has 3 aromatic rings. The molecule has 3 N–H and O–H groups in total. The number of hydrogen-bond acceptors (Lipinski definition) is 8. The molecular formula is C29H34F3N7O4. The first-order valence-electron chi connectivity index (χ1n) is 13.6. The van der Waals surface area contributed by atoms with Gasteiger partial charge in [0.05, 0.1) is 43.9 Å². The molecule has 0 spiro atoms. The first kappa shape index (κ1) is 31.3. The largest absolute Gasteiger partial charge is 0.497 e. The van der Waals surface area contributed by atoms with E-state index in [1.165, 1.54) is 6.20 Å². The van der Waals surface area contributed by atoms with E-state index in [1.54, 1.807) is 37.3 Å². The molecule has 14 heteroatoms. The minimum atomic E-state index is -4.20. The summed E-state index contributed by atoms with van der Waals surface area (Å²) >= 11 is 0. The molecular weight excluding hydrogens is 567 g/mol. The summed E-state index contributed by atoms with van der Waals surface area (Å²) in [6, 6.07) is 8.96. The van der Waals surface area contributed by atoms with Crippen molar-refractivity contribution in [2.75, 3.05) is 62.5 Å². The molecule has 230 valence electrons. The lowest BCUT2D eigenvalue weighted by Gasteiger charge is -2.36. The summed E-state index contributed by atoms with van der Waals surface area (Å²) in [6.07, 6.45) is -1.23. The highest BCUT2D eigenvalue weighted by molar-refractivity contribution is 6.10. The molecule has 0 radical (unpaired) electrons. The molecule has 1 aromatic carbocycles. The molecule has 1 aliphatic rings. The van der Waals surface area contributed by atoms with Gasteiger partial charge in [-0.3, -0.25) is 19.6 Å². The van der Waals surface area contributed by atoms with Gasteiger partial charge in [0.2, 0.25) is 5.91 Å². The Morgan fingerprint density at radius 3 is 2.35 bits per heavy atom. The van der Waals surface area contributed by atoms with Gasteiger partial charge in [-0.15, -0.1) is 0 Å². The van der Waals surface area contributed by atoms with E-state index in [0.717, 1.165) is 17.3 Å². The van der Waals surface area contributed by atoms with Gasteiger partial charge in [0.25, 0.3) is 5.91 Å². The summed E-state index contributed by atoms with van der Waals surface area (Å²) in [4.78, 5) is 33.3. The lowest BCUT2D eigenvalue weighted by molar-refractivity contribution is -0.138. The van der Waals surface area contributed by atoms with Gasteiger partial charge >= 0.3 is 6.18 Å². The average Bonchev–Trinajstić information content (AvgIpc) is 3.45. The van der Waals surface area contributed by atoms with Crippen LogP contribution in [0.4, 0.5) is 30.4 Å². The Labute approximate surface area is 247 Å². The second-order valence-corrected chi connectivity index (χ2v) is 9.92. The third kappa shape index (κ3) is 8.95. The van der Waals surface area contributed by atoms with Crippen LogP contribution in [0.1, 0.15) is 28.2 Å². The van der Waals surface area contributed by atoms with Gasteiger partial charge in [-0.05, 0) is 42.7 Å². The van der Waals surface area contributed by atoms with E-state index in [2.05, 4.69) is 32.4 Å². The fourth-order valence-electron chi connectivity index (χ4n) is 4.62. The number of anilines is 3. The SMILES string of the molecule is C=CC(=O)Nc1cc(N2CCN(CCC(F)(F)F)CC2)cnc1C(=O)Nc1cc(CCc2cc(OC)cc(OC)c2)n[nH]1. The maximum Gasteiger partial charge on any atom is 0.390 e. The summed E-state index contributed by atoms with van der Waals surface area (Å²) in [7, 11) is 3.18. The number of carbonyl (C=O) groups excluding carboxylic acids is 2. The van der Waals surface area contributed by atoms with Crippen LogP contribution in [0.3, 0.4) is 0 Å². The van der Waals surface area contributed by atoms with E-state index < -0.39 is 24.4 Å². The number of benzene rings is 1. The number of alkyl halides is 3. The van der Waals surface area contributed by atoms with Crippen LogP contribution < -0.4 is 25.0 Å². The number of pyridine rings is 1. The number of ether oxygens (including phenoxy) is 2. The van der Waals surface area contributed by atoms with Crippen molar-refractivity contribution in [1.82, 2.24) is 20.1 Å². The van der Waals surface area contributed by atoms with Gasteiger partial charge in [0, 0.05) is 44.9 Å². The molecule has 0 atom stereocenters. The van der Waals surface area contributed by atoms with Crippen LogP contribution >= 0.6 is 0 Å². The number of aromatic nitrogens is 3. The molecule has 2 amide bonds. The number of nitrogens with one attached hydrogen (secondary N) is 3. The maximum atomic E-state index is 13.2. The minimum absolute atomic E-state index is 0.0256. The van der Waals surface area contributed by atoms with Crippen molar-refractivity contribution >= 4 is 29.0 Å². The second-order valence-electron chi connectivity index (χ2n) is 9.92. The summed E-state index contributed by atoms with van der Waals surface area (Å²) in [5.41, 5.74) is 2.49. The standard InChI is InChI=1S/C29H34F3N7O4/c1-4-26(40)34-24-16-21(39-11-9-38(10-12-39)8-7-29(30,31)32)18-33-27(24)28(41)35-25-15-20(36-37-25)6-5-19-13-22(42-2)17-23(14-19)43-3/h4,13-18H,1,5-12H2,2-3H3,(H,34,40)(H2,35,36,37,41). The van der Waals surface area contributed by atoms with Gasteiger partial charge < -0.3 is 25.0 Å².